The number of hydrogen-bond acceptors (Lipinski definition) is 5. The number of fused-ring (bicyclic) bond motifs is 1. The van der Waals surface area contributed by atoms with Gasteiger partial charge in [-0.05, 0) is 19.1 Å². The molecule has 0 fully saturated rings. The molecule has 0 radical (unpaired) electrons. The number of nitrogens with zero attached hydrogens (tertiary/aromatic N) is 3. The van der Waals surface area contributed by atoms with E-state index in [0.29, 0.717) is 17.5 Å². The first-order chi connectivity index (χ1) is 7.76. The molecule has 82 valence electrons. The first kappa shape index (κ1) is 10.3. The minimum atomic E-state index is -0.533. The van der Waals surface area contributed by atoms with E-state index in [-0.39, 0.29) is 12.4 Å². The Balaban J connectivity index is 2.49. The van der Waals surface area contributed by atoms with Crippen LogP contribution in [-0.4, -0.2) is 33.5 Å². The van der Waals surface area contributed by atoms with Crippen molar-refractivity contribution in [1.82, 2.24) is 14.6 Å². The first-order valence-electron chi connectivity index (χ1n) is 4.73. The number of carbonyl (C=O) groups is 2. The van der Waals surface area contributed by atoms with Gasteiger partial charge in [-0.3, -0.25) is 9.20 Å². The second kappa shape index (κ2) is 4.09. The molecule has 0 aromatic carbocycles. The van der Waals surface area contributed by atoms with Gasteiger partial charge in [-0.2, -0.15) is 0 Å². The SMILES string of the molecule is CCOC(=O)c1nnc2cc(C=O)ccn12. The van der Waals surface area contributed by atoms with Gasteiger partial charge in [0, 0.05) is 11.8 Å². The van der Waals surface area contributed by atoms with Gasteiger partial charge in [0.1, 0.15) is 6.29 Å². The molecule has 0 atom stereocenters. The first-order valence-corrected chi connectivity index (χ1v) is 4.73. The average Bonchev–Trinajstić information content (AvgIpc) is 2.71. The van der Waals surface area contributed by atoms with Crippen molar-refractivity contribution in [3.05, 3.63) is 29.7 Å². The van der Waals surface area contributed by atoms with Crippen molar-refractivity contribution in [3.63, 3.8) is 0 Å². The zero-order chi connectivity index (χ0) is 11.5. The van der Waals surface area contributed by atoms with E-state index in [1.165, 1.54) is 4.40 Å². The molecule has 2 aromatic heterocycles. The van der Waals surface area contributed by atoms with Crippen molar-refractivity contribution in [2.45, 2.75) is 6.92 Å². The molecule has 0 bridgehead atoms. The molecule has 0 spiro atoms. The van der Waals surface area contributed by atoms with Crippen molar-refractivity contribution in [2.75, 3.05) is 6.61 Å². The number of aromatic nitrogens is 3. The zero-order valence-electron chi connectivity index (χ0n) is 8.58. The summed E-state index contributed by atoms with van der Waals surface area (Å²) >= 11 is 0. The third kappa shape index (κ3) is 1.65. The van der Waals surface area contributed by atoms with Gasteiger partial charge < -0.3 is 4.74 Å². The van der Waals surface area contributed by atoms with E-state index in [1.807, 2.05) is 0 Å². The van der Waals surface area contributed by atoms with E-state index < -0.39 is 5.97 Å². The second-order valence-electron chi connectivity index (χ2n) is 3.05. The molecule has 0 aliphatic carbocycles. The third-order valence-electron chi connectivity index (χ3n) is 2.03. The van der Waals surface area contributed by atoms with E-state index in [4.69, 9.17) is 4.74 Å². The van der Waals surface area contributed by atoms with E-state index in [9.17, 15) is 9.59 Å². The Morgan fingerprint density at radius 1 is 1.56 bits per heavy atom. The third-order valence-corrected chi connectivity index (χ3v) is 2.03. The van der Waals surface area contributed by atoms with Crippen molar-refractivity contribution < 1.29 is 14.3 Å². The number of ether oxygens (including phenoxy) is 1. The summed E-state index contributed by atoms with van der Waals surface area (Å²) in [5.74, 6) is -0.428. The van der Waals surface area contributed by atoms with E-state index in [1.54, 1.807) is 25.3 Å². The van der Waals surface area contributed by atoms with Gasteiger partial charge in [-0.15, -0.1) is 10.2 Å². The molecule has 0 amide bonds. The molecule has 2 rings (SSSR count). The maximum atomic E-state index is 11.5. The molecular formula is C10H9N3O3. The standard InChI is InChI=1S/C10H9N3O3/c1-2-16-10(15)9-12-11-8-5-7(6-14)3-4-13(8)9/h3-6H,2H2,1H3. The minimum Gasteiger partial charge on any atom is -0.460 e. The fourth-order valence-electron chi connectivity index (χ4n) is 1.31. The van der Waals surface area contributed by atoms with Crippen molar-refractivity contribution >= 4 is 17.9 Å². The van der Waals surface area contributed by atoms with E-state index in [0.717, 1.165) is 0 Å². The monoisotopic (exact) mass is 219 g/mol. The molecule has 0 N–H and O–H groups in total. The summed E-state index contributed by atoms with van der Waals surface area (Å²) in [6, 6.07) is 3.12. The highest BCUT2D eigenvalue weighted by Crippen LogP contribution is 2.07. The fraction of sp³-hybridized carbons (Fsp3) is 0.200. The number of carbonyl (C=O) groups excluding carboxylic acids is 2. The normalized spacial score (nSPS) is 10.3. The van der Waals surface area contributed by atoms with Crippen LogP contribution in [-0.2, 0) is 4.74 Å². The summed E-state index contributed by atoms with van der Waals surface area (Å²) in [6.45, 7) is 1.99. The maximum Gasteiger partial charge on any atom is 0.376 e. The van der Waals surface area contributed by atoms with Crippen LogP contribution in [0, 0.1) is 0 Å². The molecule has 0 unspecified atom stereocenters. The Labute approximate surface area is 90.9 Å². The maximum absolute atomic E-state index is 11.5. The minimum absolute atomic E-state index is 0.106. The summed E-state index contributed by atoms with van der Waals surface area (Å²) < 4.78 is 6.30. The summed E-state index contributed by atoms with van der Waals surface area (Å²) in [7, 11) is 0. The molecular weight excluding hydrogens is 210 g/mol. The summed E-state index contributed by atoms with van der Waals surface area (Å²) in [6.07, 6.45) is 2.27. The van der Waals surface area contributed by atoms with Crippen LogP contribution in [0.2, 0.25) is 0 Å². The van der Waals surface area contributed by atoms with Crippen LogP contribution in [0.15, 0.2) is 18.3 Å². The molecule has 0 aliphatic heterocycles. The molecule has 16 heavy (non-hydrogen) atoms. The topological polar surface area (TPSA) is 73.6 Å². The predicted molar refractivity (Wildman–Crippen MR) is 54.3 cm³/mol. The average molecular weight is 219 g/mol. The zero-order valence-corrected chi connectivity index (χ0v) is 8.58. The number of aldehydes is 1. The van der Waals surface area contributed by atoms with Crippen molar-refractivity contribution in [2.24, 2.45) is 0 Å². The molecule has 6 nitrogen and oxygen atoms in total. The van der Waals surface area contributed by atoms with E-state index in [2.05, 4.69) is 10.2 Å². The van der Waals surface area contributed by atoms with Gasteiger partial charge >= 0.3 is 5.97 Å². The Bertz CT molecular complexity index is 547. The van der Waals surface area contributed by atoms with Crippen LogP contribution in [0.5, 0.6) is 0 Å². The predicted octanol–water partition coefficient (Wildman–Crippen LogP) is 0.719. The largest absolute Gasteiger partial charge is 0.460 e. The molecule has 6 heteroatoms. The van der Waals surface area contributed by atoms with E-state index >= 15 is 0 Å². The Morgan fingerprint density at radius 2 is 2.38 bits per heavy atom. The van der Waals surface area contributed by atoms with Crippen molar-refractivity contribution in [1.29, 1.82) is 0 Å². The number of esters is 1. The second-order valence-corrected chi connectivity index (χ2v) is 3.05. The van der Waals surface area contributed by atoms with Crippen molar-refractivity contribution in [3.8, 4) is 0 Å². The van der Waals surface area contributed by atoms with Gasteiger partial charge in [0.15, 0.2) is 5.65 Å². The molecule has 2 heterocycles. The Morgan fingerprint density at radius 3 is 3.06 bits per heavy atom. The number of pyridine rings is 1. The lowest BCUT2D eigenvalue weighted by Crippen LogP contribution is -2.09. The van der Waals surface area contributed by atoms with Crippen LogP contribution < -0.4 is 0 Å². The van der Waals surface area contributed by atoms with Crippen LogP contribution >= 0.6 is 0 Å². The van der Waals surface area contributed by atoms with Gasteiger partial charge in [0.2, 0.25) is 5.82 Å². The van der Waals surface area contributed by atoms with Crippen LogP contribution in [0.25, 0.3) is 5.65 Å². The lowest BCUT2D eigenvalue weighted by Gasteiger charge is -1.99. The quantitative estimate of drug-likeness (QED) is 0.561. The highest BCUT2D eigenvalue weighted by molar-refractivity contribution is 5.86. The summed E-state index contributed by atoms with van der Waals surface area (Å²) in [4.78, 5) is 22.0. The van der Waals surface area contributed by atoms with Crippen LogP contribution in [0.3, 0.4) is 0 Å². The van der Waals surface area contributed by atoms with Crippen LogP contribution in [0.1, 0.15) is 27.9 Å². The van der Waals surface area contributed by atoms with Gasteiger partial charge in [0.25, 0.3) is 0 Å². The summed E-state index contributed by atoms with van der Waals surface area (Å²) in [5, 5.41) is 7.50. The Hall–Kier alpha value is -2.24. The highest BCUT2D eigenvalue weighted by Gasteiger charge is 2.15. The van der Waals surface area contributed by atoms with Gasteiger partial charge in [0.05, 0.1) is 6.61 Å². The highest BCUT2D eigenvalue weighted by atomic mass is 16.5. The van der Waals surface area contributed by atoms with Gasteiger partial charge in [-0.1, -0.05) is 0 Å². The molecule has 0 saturated carbocycles. The Kier molecular flexibility index (Phi) is 2.63. The number of rotatable bonds is 3. The lowest BCUT2D eigenvalue weighted by molar-refractivity contribution is 0.0510. The molecule has 0 saturated heterocycles. The summed E-state index contributed by atoms with van der Waals surface area (Å²) in [5.41, 5.74) is 0.919. The molecule has 2 aromatic rings. The smallest absolute Gasteiger partial charge is 0.376 e. The van der Waals surface area contributed by atoms with Gasteiger partial charge in [-0.25, -0.2) is 4.79 Å². The van der Waals surface area contributed by atoms with Crippen LogP contribution in [0.4, 0.5) is 0 Å². The lowest BCUT2D eigenvalue weighted by atomic mass is 10.3. The number of hydrogen-bond donors (Lipinski definition) is 0. The fourth-order valence-corrected chi connectivity index (χ4v) is 1.31. The molecule has 0 aliphatic rings.